The Kier molecular flexibility index (Phi) is 6.89. The van der Waals surface area contributed by atoms with Crippen LogP contribution in [0.15, 0.2) is 51.9 Å². The van der Waals surface area contributed by atoms with Crippen molar-refractivity contribution in [3.8, 4) is 11.4 Å². The number of carbonyl (C=O) groups is 1. The van der Waals surface area contributed by atoms with E-state index in [1.807, 2.05) is 0 Å². The fourth-order valence-electron chi connectivity index (χ4n) is 3.71. The van der Waals surface area contributed by atoms with Crippen molar-refractivity contribution in [3.63, 3.8) is 0 Å². The number of alkyl halides is 6. The third-order valence-electron chi connectivity index (χ3n) is 5.54. The number of ether oxygens (including phenoxy) is 1. The standard InChI is InChI=1S/C22H18F6N4O4/c23-21(24,25)15-3-1-2-13(10-15)16(19(34)31-6-8-35-9-7-31)12-32-5-4-14(11-17(32)33)18-29-20(36-30-18)22(26,27)28/h1-5,10-11,16H,6-9,12H2. The highest BCUT2D eigenvalue weighted by Gasteiger charge is 2.38. The number of carbonyl (C=O) groups excluding carboxylic acids is 1. The Morgan fingerprint density at radius 2 is 1.75 bits per heavy atom. The van der Waals surface area contributed by atoms with E-state index in [4.69, 9.17) is 4.74 Å². The first-order chi connectivity index (χ1) is 16.9. The predicted molar refractivity (Wildman–Crippen MR) is 111 cm³/mol. The van der Waals surface area contributed by atoms with Crippen LogP contribution < -0.4 is 5.56 Å². The van der Waals surface area contributed by atoms with E-state index in [1.165, 1.54) is 29.3 Å². The van der Waals surface area contributed by atoms with E-state index >= 15 is 0 Å². The molecular weight excluding hydrogens is 498 g/mol. The molecule has 1 amide bonds. The van der Waals surface area contributed by atoms with Crippen LogP contribution in [0.4, 0.5) is 26.3 Å². The number of hydrogen-bond donors (Lipinski definition) is 0. The number of pyridine rings is 1. The van der Waals surface area contributed by atoms with Gasteiger partial charge in [-0.15, -0.1) is 0 Å². The van der Waals surface area contributed by atoms with E-state index in [0.717, 1.165) is 22.8 Å². The summed E-state index contributed by atoms with van der Waals surface area (Å²) < 4.78 is 88.5. The number of aromatic nitrogens is 3. The smallest absolute Gasteiger partial charge is 0.378 e. The summed E-state index contributed by atoms with van der Waals surface area (Å²) in [5.74, 6) is -3.68. The number of morpholine rings is 1. The van der Waals surface area contributed by atoms with Gasteiger partial charge in [-0.05, 0) is 17.7 Å². The van der Waals surface area contributed by atoms with Crippen molar-refractivity contribution in [2.45, 2.75) is 24.8 Å². The lowest BCUT2D eigenvalue weighted by Gasteiger charge is -2.31. The molecule has 0 saturated carbocycles. The molecule has 0 bridgehead atoms. The molecule has 36 heavy (non-hydrogen) atoms. The summed E-state index contributed by atoms with van der Waals surface area (Å²) in [6.45, 7) is 0.695. The van der Waals surface area contributed by atoms with Gasteiger partial charge in [0.15, 0.2) is 0 Å². The monoisotopic (exact) mass is 516 g/mol. The number of halogens is 6. The summed E-state index contributed by atoms with van der Waals surface area (Å²) >= 11 is 0. The molecule has 2 aromatic heterocycles. The molecule has 1 unspecified atom stereocenters. The highest BCUT2D eigenvalue weighted by molar-refractivity contribution is 5.84. The molecule has 1 aromatic carbocycles. The lowest BCUT2D eigenvalue weighted by Crippen LogP contribution is -2.44. The fraction of sp³-hybridized carbons (Fsp3) is 0.364. The molecule has 1 aliphatic rings. The van der Waals surface area contributed by atoms with Crippen LogP contribution in [0.1, 0.15) is 22.9 Å². The van der Waals surface area contributed by atoms with E-state index in [-0.39, 0.29) is 44.0 Å². The summed E-state index contributed by atoms with van der Waals surface area (Å²) in [4.78, 5) is 30.7. The van der Waals surface area contributed by atoms with Gasteiger partial charge in [-0.3, -0.25) is 9.59 Å². The maximum Gasteiger partial charge on any atom is 0.471 e. The minimum absolute atomic E-state index is 0.0604. The predicted octanol–water partition coefficient (Wildman–Crippen LogP) is 3.58. The number of rotatable bonds is 5. The molecular formula is C22H18F6N4O4. The van der Waals surface area contributed by atoms with Crippen molar-refractivity contribution in [1.29, 1.82) is 0 Å². The van der Waals surface area contributed by atoms with Gasteiger partial charge in [0.1, 0.15) is 0 Å². The first-order valence-corrected chi connectivity index (χ1v) is 10.6. The van der Waals surface area contributed by atoms with Gasteiger partial charge in [0, 0.05) is 37.5 Å². The summed E-state index contributed by atoms with van der Waals surface area (Å²) in [6.07, 6.45) is -8.30. The van der Waals surface area contributed by atoms with Gasteiger partial charge in [-0.1, -0.05) is 23.4 Å². The Hall–Kier alpha value is -3.68. The van der Waals surface area contributed by atoms with Gasteiger partial charge in [0.05, 0.1) is 24.7 Å². The Morgan fingerprint density at radius 3 is 2.36 bits per heavy atom. The Labute approximate surface area is 199 Å². The molecule has 192 valence electrons. The Balaban J connectivity index is 1.66. The zero-order valence-electron chi connectivity index (χ0n) is 18.3. The molecule has 0 N–H and O–H groups in total. The number of nitrogens with zero attached hydrogens (tertiary/aromatic N) is 4. The quantitative estimate of drug-likeness (QED) is 0.482. The van der Waals surface area contributed by atoms with Gasteiger partial charge in [0.2, 0.25) is 11.7 Å². The molecule has 8 nitrogen and oxygen atoms in total. The summed E-state index contributed by atoms with van der Waals surface area (Å²) in [5.41, 5.74) is -1.67. The number of hydrogen-bond acceptors (Lipinski definition) is 6. The van der Waals surface area contributed by atoms with Crippen LogP contribution in [0.25, 0.3) is 11.4 Å². The molecule has 3 aromatic rings. The normalized spacial score (nSPS) is 15.7. The SMILES string of the molecule is O=C(C(Cn1ccc(-c2noc(C(F)(F)F)n2)cc1=O)c1cccc(C(F)(F)F)c1)N1CCOCC1. The third kappa shape index (κ3) is 5.58. The second-order valence-corrected chi connectivity index (χ2v) is 7.94. The Morgan fingerprint density at radius 1 is 1.03 bits per heavy atom. The number of amides is 1. The van der Waals surface area contributed by atoms with Crippen LogP contribution in [0.3, 0.4) is 0 Å². The molecule has 1 atom stereocenters. The van der Waals surface area contributed by atoms with Crippen LogP contribution >= 0.6 is 0 Å². The summed E-state index contributed by atoms with van der Waals surface area (Å²) in [7, 11) is 0. The largest absolute Gasteiger partial charge is 0.471 e. The number of benzene rings is 1. The molecule has 14 heteroatoms. The zero-order chi connectivity index (χ0) is 26.1. The van der Waals surface area contributed by atoms with E-state index in [1.54, 1.807) is 0 Å². The molecule has 0 radical (unpaired) electrons. The van der Waals surface area contributed by atoms with E-state index in [9.17, 15) is 35.9 Å². The molecule has 3 heterocycles. The van der Waals surface area contributed by atoms with Gasteiger partial charge >= 0.3 is 18.2 Å². The second kappa shape index (κ2) is 9.76. The Bertz CT molecular complexity index is 1290. The van der Waals surface area contributed by atoms with Crippen LogP contribution in [0, 0.1) is 0 Å². The minimum Gasteiger partial charge on any atom is -0.378 e. The van der Waals surface area contributed by atoms with Crippen LogP contribution in [0.5, 0.6) is 0 Å². The lowest BCUT2D eigenvalue weighted by molar-refractivity contribution is -0.159. The zero-order valence-corrected chi connectivity index (χ0v) is 18.3. The van der Waals surface area contributed by atoms with Gasteiger partial charge in [-0.2, -0.15) is 31.3 Å². The van der Waals surface area contributed by atoms with Crippen molar-refractivity contribution in [2.75, 3.05) is 26.3 Å². The van der Waals surface area contributed by atoms with E-state index < -0.39 is 47.0 Å². The topological polar surface area (TPSA) is 90.5 Å². The van der Waals surface area contributed by atoms with Crippen molar-refractivity contribution in [3.05, 3.63) is 70.0 Å². The average molecular weight is 516 g/mol. The maximum absolute atomic E-state index is 13.3. The molecule has 4 rings (SSSR count). The van der Waals surface area contributed by atoms with Crippen LogP contribution in [-0.2, 0) is 28.4 Å². The van der Waals surface area contributed by atoms with Crippen molar-refractivity contribution < 1.29 is 40.4 Å². The van der Waals surface area contributed by atoms with Crippen molar-refractivity contribution in [2.24, 2.45) is 0 Å². The highest BCUT2D eigenvalue weighted by atomic mass is 19.4. The third-order valence-corrected chi connectivity index (χ3v) is 5.54. The first-order valence-electron chi connectivity index (χ1n) is 10.6. The first kappa shape index (κ1) is 25.4. The molecule has 1 saturated heterocycles. The minimum atomic E-state index is -4.86. The lowest BCUT2D eigenvalue weighted by atomic mass is 9.95. The van der Waals surface area contributed by atoms with Gasteiger partial charge < -0.3 is 18.7 Å². The molecule has 1 fully saturated rings. The van der Waals surface area contributed by atoms with E-state index in [2.05, 4.69) is 14.7 Å². The molecule has 0 aliphatic carbocycles. The highest BCUT2D eigenvalue weighted by Crippen LogP contribution is 2.32. The summed E-state index contributed by atoms with van der Waals surface area (Å²) in [6, 6.07) is 6.48. The maximum atomic E-state index is 13.3. The van der Waals surface area contributed by atoms with E-state index in [0.29, 0.717) is 0 Å². The van der Waals surface area contributed by atoms with Gasteiger partial charge in [-0.25, -0.2) is 0 Å². The van der Waals surface area contributed by atoms with Gasteiger partial charge in [0.25, 0.3) is 5.56 Å². The van der Waals surface area contributed by atoms with Crippen LogP contribution in [0.2, 0.25) is 0 Å². The fourth-order valence-corrected chi connectivity index (χ4v) is 3.71. The van der Waals surface area contributed by atoms with Crippen molar-refractivity contribution in [1.82, 2.24) is 19.6 Å². The van der Waals surface area contributed by atoms with Crippen LogP contribution in [-0.4, -0.2) is 51.8 Å². The van der Waals surface area contributed by atoms with Crippen molar-refractivity contribution >= 4 is 5.91 Å². The second-order valence-electron chi connectivity index (χ2n) is 7.94. The average Bonchev–Trinajstić information content (AvgIpc) is 3.34. The summed E-state index contributed by atoms with van der Waals surface area (Å²) in [5, 5.41) is 3.22. The molecule has 1 aliphatic heterocycles. The molecule has 0 spiro atoms.